The van der Waals surface area contributed by atoms with Gasteiger partial charge in [0.1, 0.15) is 5.76 Å². The third-order valence-electron chi connectivity index (χ3n) is 4.79. The molecule has 1 unspecified atom stereocenters. The summed E-state index contributed by atoms with van der Waals surface area (Å²) in [6.45, 7) is 1.70. The number of benzene rings is 1. The van der Waals surface area contributed by atoms with Gasteiger partial charge in [-0.15, -0.1) is 0 Å². The van der Waals surface area contributed by atoms with Gasteiger partial charge < -0.3 is 8.94 Å². The van der Waals surface area contributed by atoms with Crippen molar-refractivity contribution in [3.63, 3.8) is 0 Å². The molecule has 0 aliphatic carbocycles. The van der Waals surface area contributed by atoms with Gasteiger partial charge in [-0.2, -0.15) is 4.98 Å². The van der Waals surface area contributed by atoms with Crippen LogP contribution in [0.1, 0.15) is 54.8 Å². The SMILES string of the molecule is c1ccc(Cc2noc(CN3CCCCCC3c3ccco3)n2)cc1. The second-order valence-electron chi connectivity index (χ2n) is 6.62. The summed E-state index contributed by atoms with van der Waals surface area (Å²) in [5.74, 6) is 2.46. The highest BCUT2D eigenvalue weighted by Crippen LogP contribution is 2.31. The third-order valence-corrected chi connectivity index (χ3v) is 4.79. The summed E-state index contributed by atoms with van der Waals surface area (Å²) in [5.41, 5.74) is 1.19. The van der Waals surface area contributed by atoms with Crippen LogP contribution in [0.2, 0.25) is 0 Å². The van der Waals surface area contributed by atoms with Gasteiger partial charge in [-0.3, -0.25) is 4.90 Å². The number of rotatable bonds is 5. The molecule has 1 atom stereocenters. The lowest BCUT2D eigenvalue weighted by molar-refractivity contribution is 0.149. The lowest BCUT2D eigenvalue weighted by atomic mass is 10.1. The number of nitrogens with zero attached hydrogens (tertiary/aromatic N) is 3. The topological polar surface area (TPSA) is 55.3 Å². The molecule has 1 fully saturated rings. The molecule has 130 valence electrons. The molecule has 3 aromatic rings. The summed E-state index contributed by atoms with van der Waals surface area (Å²) in [5, 5.41) is 4.15. The Morgan fingerprint density at radius 3 is 2.80 bits per heavy atom. The van der Waals surface area contributed by atoms with E-state index in [1.54, 1.807) is 6.26 Å². The summed E-state index contributed by atoms with van der Waals surface area (Å²) in [4.78, 5) is 7.00. The van der Waals surface area contributed by atoms with Crippen LogP contribution in [0.15, 0.2) is 57.7 Å². The Bertz CT molecular complexity index is 767. The van der Waals surface area contributed by atoms with E-state index in [1.807, 2.05) is 24.3 Å². The summed E-state index contributed by atoms with van der Waals surface area (Å²) < 4.78 is 11.2. The van der Waals surface area contributed by atoms with Crippen LogP contribution in [0, 0.1) is 0 Å². The van der Waals surface area contributed by atoms with Crippen LogP contribution in [0.5, 0.6) is 0 Å². The molecule has 1 aliphatic heterocycles. The predicted molar refractivity (Wildman–Crippen MR) is 93.9 cm³/mol. The van der Waals surface area contributed by atoms with Crippen molar-refractivity contribution in [1.82, 2.24) is 15.0 Å². The van der Waals surface area contributed by atoms with E-state index in [2.05, 4.69) is 33.2 Å². The molecule has 0 radical (unpaired) electrons. The molecule has 4 rings (SSSR count). The van der Waals surface area contributed by atoms with Crippen molar-refractivity contribution in [3.8, 4) is 0 Å². The van der Waals surface area contributed by atoms with Gasteiger partial charge in [0.25, 0.3) is 0 Å². The van der Waals surface area contributed by atoms with Crippen LogP contribution in [0.4, 0.5) is 0 Å². The van der Waals surface area contributed by atoms with Gasteiger partial charge in [0.2, 0.25) is 5.89 Å². The van der Waals surface area contributed by atoms with Gasteiger partial charge in [-0.25, -0.2) is 0 Å². The minimum absolute atomic E-state index is 0.293. The number of furan rings is 1. The second-order valence-corrected chi connectivity index (χ2v) is 6.62. The molecule has 0 N–H and O–H groups in total. The molecule has 0 spiro atoms. The minimum atomic E-state index is 0.293. The molecule has 0 bridgehead atoms. The van der Waals surface area contributed by atoms with E-state index in [1.165, 1.54) is 24.8 Å². The average Bonchev–Trinajstić information content (AvgIpc) is 3.26. The highest BCUT2D eigenvalue weighted by atomic mass is 16.5. The van der Waals surface area contributed by atoms with E-state index in [0.29, 0.717) is 24.9 Å². The zero-order valence-corrected chi connectivity index (χ0v) is 14.3. The predicted octanol–water partition coefficient (Wildman–Crippen LogP) is 4.37. The van der Waals surface area contributed by atoms with E-state index in [4.69, 9.17) is 8.94 Å². The largest absolute Gasteiger partial charge is 0.468 e. The zero-order valence-electron chi connectivity index (χ0n) is 14.3. The molecule has 0 amide bonds. The molecule has 1 saturated heterocycles. The number of hydrogen-bond acceptors (Lipinski definition) is 5. The lowest BCUT2D eigenvalue weighted by Gasteiger charge is -2.26. The van der Waals surface area contributed by atoms with Crippen LogP contribution in [-0.4, -0.2) is 21.6 Å². The summed E-state index contributed by atoms with van der Waals surface area (Å²) >= 11 is 0. The van der Waals surface area contributed by atoms with Gasteiger partial charge in [0.15, 0.2) is 5.82 Å². The van der Waals surface area contributed by atoms with Crippen molar-refractivity contribution in [2.75, 3.05) is 6.54 Å². The molecule has 1 aromatic carbocycles. The summed E-state index contributed by atoms with van der Waals surface area (Å²) in [6, 6.07) is 14.6. The first-order valence-electron chi connectivity index (χ1n) is 9.01. The van der Waals surface area contributed by atoms with Crippen molar-refractivity contribution < 1.29 is 8.94 Å². The van der Waals surface area contributed by atoms with Crippen molar-refractivity contribution in [2.24, 2.45) is 0 Å². The van der Waals surface area contributed by atoms with E-state index >= 15 is 0 Å². The Balaban J connectivity index is 1.46. The van der Waals surface area contributed by atoms with Crippen molar-refractivity contribution in [2.45, 2.75) is 44.7 Å². The quantitative estimate of drug-likeness (QED) is 0.692. The first-order chi connectivity index (χ1) is 12.4. The van der Waals surface area contributed by atoms with Gasteiger partial charge in [-0.05, 0) is 37.1 Å². The smallest absolute Gasteiger partial charge is 0.240 e. The Kier molecular flexibility index (Phi) is 4.93. The molecule has 5 nitrogen and oxygen atoms in total. The zero-order chi connectivity index (χ0) is 16.9. The molecule has 1 aliphatic rings. The van der Waals surface area contributed by atoms with Gasteiger partial charge in [0, 0.05) is 6.42 Å². The van der Waals surface area contributed by atoms with E-state index in [-0.39, 0.29) is 0 Å². The Morgan fingerprint density at radius 1 is 1.04 bits per heavy atom. The summed E-state index contributed by atoms with van der Waals surface area (Å²) in [6.07, 6.45) is 7.25. The maximum atomic E-state index is 5.67. The van der Waals surface area contributed by atoms with Crippen LogP contribution < -0.4 is 0 Å². The third kappa shape index (κ3) is 3.99. The number of hydrogen-bond donors (Lipinski definition) is 0. The van der Waals surface area contributed by atoms with Gasteiger partial charge >= 0.3 is 0 Å². The fourth-order valence-corrected chi connectivity index (χ4v) is 3.54. The van der Waals surface area contributed by atoms with Gasteiger partial charge in [0.05, 0.1) is 18.8 Å². The highest BCUT2D eigenvalue weighted by Gasteiger charge is 2.26. The first-order valence-corrected chi connectivity index (χ1v) is 9.01. The van der Waals surface area contributed by atoms with E-state index < -0.39 is 0 Å². The van der Waals surface area contributed by atoms with Crippen molar-refractivity contribution in [3.05, 3.63) is 71.8 Å². The normalized spacial score (nSPS) is 19.0. The fraction of sp³-hybridized carbons (Fsp3) is 0.400. The van der Waals surface area contributed by atoms with Crippen LogP contribution >= 0.6 is 0 Å². The standard InChI is InChI=1S/C20H23N3O2/c1-3-8-16(9-4-1)14-19-21-20(25-22-19)15-23-12-6-2-5-10-17(23)18-11-7-13-24-18/h1,3-4,7-9,11,13,17H,2,5-6,10,12,14-15H2. The lowest BCUT2D eigenvalue weighted by Crippen LogP contribution is -2.28. The Hall–Kier alpha value is -2.40. The van der Waals surface area contributed by atoms with Crippen molar-refractivity contribution in [1.29, 1.82) is 0 Å². The monoisotopic (exact) mass is 337 g/mol. The molecule has 3 heterocycles. The highest BCUT2D eigenvalue weighted by molar-refractivity contribution is 5.18. The van der Waals surface area contributed by atoms with E-state index in [9.17, 15) is 0 Å². The maximum absolute atomic E-state index is 5.67. The molecule has 5 heteroatoms. The number of aromatic nitrogens is 2. The fourth-order valence-electron chi connectivity index (χ4n) is 3.54. The van der Waals surface area contributed by atoms with Gasteiger partial charge in [-0.1, -0.05) is 48.3 Å². The average molecular weight is 337 g/mol. The first kappa shape index (κ1) is 16.1. The Labute approximate surface area is 147 Å². The number of likely N-dealkylation sites (tertiary alicyclic amines) is 1. The second kappa shape index (κ2) is 7.66. The maximum Gasteiger partial charge on any atom is 0.240 e. The minimum Gasteiger partial charge on any atom is -0.468 e. The van der Waals surface area contributed by atoms with Crippen molar-refractivity contribution >= 4 is 0 Å². The molecular formula is C20H23N3O2. The van der Waals surface area contributed by atoms with Crippen LogP contribution in [0.3, 0.4) is 0 Å². The van der Waals surface area contributed by atoms with Crippen LogP contribution in [-0.2, 0) is 13.0 Å². The molecule has 25 heavy (non-hydrogen) atoms. The summed E-state index contributed by atoms with van der Waals surface area (Å²) in [7, 11) is 0. The molecule has 0 saturated carbocycles. The Morgan fingerprint density at radius 2 is 1.96 bits per heavy atom. The molecular weight excluding hydrogens is 314 g/mol. The van der Waals surface area contributed by atoms with E-state index in [0.717, 1.165) is 24.6 Å². The molecule has 2 aromatic heterocycles. The van der Waals surface area contributed by atoms with Crippen LogP contribution in [0.25, 0.3) is 0 Å².